The molecule has 0 aliphatic carbocycles. The van der Waals surface area contributed by atoms with Crippen molar-refractivity contribution in [2.24, 2.45) is 11.5 Å². The van der Waals surface area contributed by atoms with Crippen molar-refractivity contribution in [3.63, 3.8) is 0 Å². The number of nitrogens with two attached hydrogens (primary N) is 2. The molecule has 34 heavy (non-hydrogen) atoms. The second kappa shape index (κ2) is 16.3. The molecular formula is C21H38N6O6S. The Labute approximate surface area is 204 Å². The predicted octanol–water partition coefficient (Wildman–Crippen LogP) is -1.57. The van der Waals surface area contributed by atoms with Crippen LogP contribution in [0.15, 0.2) is 0 Å². The first-order valence-corrected chi connectivity index (χ1v) is 12.9. The van der Waals surface area contributed by atoms with Crippen LogP contribution in [0.2, 0.25) is 0 Å². The summed E-state index contributed by atoms with van der Waals surface area (Å²) >= 11 is 1.47. The Balaban J connectivity index is 2.88. The zero-order valence-corrected chi connectivity index (χ0v) is 20.5. The Kier molecular flexibility index (Phi) is 14.2. The summed E-state index contributed by atoms with van der Waals surface area (Å²) in [5, 5.41) is 20.2. The van der Waals surface area contributed by atoms with E-state index in [1.54, 1.807) is 0 Å². The lowest BCUT2D eigenvalue weighted by atomic mass is 10.1. The van der Waals surface area contributed by atoms with Crippen LogP contribution in [-0.4, -0.2) is 84.0 Å². The van der Waals surface area contributed by atoms with Gasteiger partial charge in [-0.15, -0.1) is 0 Å². The highest BCUT2D eigenvalue weighted by molar-refractivity contribution is 7.98. The van der Waals surface area contributed by atoms with Crippen LogP contribution in [0.4, 0.5) is 0 Å². The number of carbonyl (C=O) groups excluding carboxylic acids is 4. The van der Waals surface area contributed by atoms with Gasteiger partial charge in [0.1, 0.15) is 18.1 Å². The van der Waals surface area contributed by atoms with Crippen LogP contribution in [0.5, 0.6) is 0 Å². The third-order valence-corrected chi connectivity index (χ3v) is 6.14. The predicted molar refractivity (Wildman–Crippen MR) is 129 cm³/mol. The van der Waals surface area contributed by atoms with Gasteiger partial charge in [0, 0.05) is 6.42 Å². The summed E-state index contributed by atoms with van der Waals surface area (Å²) in [6.45, 7) is 1.12. The minimum Gasteiger partial charge on any atom is -0.480 e. The van der Waals surface area contributed by atoms with E-state index in [0.717, 1.165) is 6.42 Å². The van der Waals surface area contributed by atoms with E-state index in [1.165, 1.54) is 11.8 Å². The molecule has 1 heterocycles. The monoisotopic (exact) mass is 502 g/mol. The summed E-state index contributed by atoms with van der Waals surface area (Å²) in [6, 6.07) is -3.60. The summed E-state index contributed by atoms with van der Waals surface area (Å²) in [5.41, 5.74) is 10.7. The number of aliphatic carboxylic acids is 1. The van der Waals surface area contributed by atoms with Crippen LogP contribution in [0.25, 0.3) is 0 Å². The molecular weight excluding hydrogens is 464 g/mol. The summed E-state index contributed by atoms with van der Waals surface area (Å²) in [6.07, 6.45) is 4.80. The van der Waals surface area contributed by atoms with E-state index in [4.69, 9.17) is 11.5 Å². The molecule has 1 aliphatic rings. The number of carboxylic acids is 1. The van der Waals surface area contributed by atoms with Gasteiger partial charge in [0.05, 0.1) is 6.04 Å². The molecule has 1 aliphatic heterocycles. The fraction of sp³-hybridized carbons (Fsp3) is 0.762. The van der Waals surface area contributed by atoms with E-state index >= 15 is 0 Å². The molecule has 4 atom stereocenters. The fourth-order valence-electron chi connectivity index (χ4n) is 3.54. The molecule has 4 amide bonds. The molecule has 12 nitrogen and oxygen atoms in total. The molecule has 0 bridgehead atoms. The highest BCUT2D eigenvalue weighted by Crippen LogP contribution is 2.09. The molecule has 194 valence electrons. The van der Waals surface area contributed by atoms with Crippen LogP contribution >= 0.6 is 11.8 Å². The normalized spacial score (nSPS) is 17.9. The van der Waals surface area contributed by atoms with Gasteiger partial charge in [0.25, 0.3) is 0 Å². The summed E-state index contributed by atoms with van der Waals surface area (Å²) in [4.78, 5) is 61.2. The topological polar surface area (TPSA) is 206 Å². The minimum atomic E-state index is -1.17. The van der Waals surface area contributed by atoms with E-state index < -0.39 is 47.9 Å². The number of carboxylic acid groups (broad SMARTS) is 1. The molecule has 0 spiro atoms. The van der Waals surface area contributed by atoms with Gasteiger partial charge in [-0.3, -0.25) is 19.2 Å². The van der Waals surface area contributed by atoms with Crippen LogP contribution in [0.3, 0.4) is 0 Å². The molecule has 1 rings (SSSR count). The minimum absolute atomic E-state index is 0.0205. The average Bonchev–Trinajstić information content (AvgIpc) is 3.33. The van der Waals surface area contributed by atoms with Crippen molar-refractivity contribution in [1.29, 1.82) is 0 Å². The van der Waals surface area contributed by atoms with Crippen molar-refractivity contribution < 1.29 is 29.1 Å². The first kappa shape index (κ1) is 29.7. The summed E-state index contributed by atoms with van der Waals surface area (Å²) in [7, 11) is 0. The summed E-state index contributed by atoms with van der Waals surface area (Å²) < 4.78 is 0. The SMILES string of the molecule is CSCCC(NC(=O)C(CCC(N)=O)NC(=O)C1CCCN1)C(=O)NC(CCCCN)C(=O)O. The molecule has 0 aromatic rings. The van der Waals surface area contributed by atoms with E-state index in [-0.39, 0.29) is 31.6 Å². The maximum Gasteiger partial charge on any atom is 0.326 e. The van der Waals surface area contributed by atoms with Crippen LogP contribution in [0.1, 0.15) is 51.4 Å². The van der Waals surface area contributed by atoms with Crippen LogP contribution < -0.4 is 32.7 Å². The smallest absolute Gasteiger partial charge is 0.326 e. The van der Waals surface area contributed by atoms with E-state index in [2.05, 4.69) is 21.3 Å². The zero-order valence-electron chi connectivity index (χ0n) is 19.6. The molecule has 0 saturated carbocycles. The van der Waals surface area contributed by atoms with Crippen molar-refractivity contribution in [1.82, 2.24) is 21.3 Å². The van der Waals surface area contributed by atoms with Crippen molar-refractivity contribution in [3.8, 4) is 0 Å². The van der Waals surface area contributed by atoms with Gasteiger partial charge in [0.15, 0.2) is 0 Å². The Bertz CT molecular complexity index is 703. The second-order valence-electron chi connectivity index (χ2n) is 8.24. The Morgan fingerprint density at radius 2 is 1.65 bits per heavy atom. The van der Waals surface area contributed by atoms with E-state index in [9.17, 15) is 29.1 Å². The number of hydrogen-bond acceptors (Lipinski definition) is 8. The van der Waals surface area contributed by atoms with Crippen molar-refractivity contribution in [2.75, 3.05) is 25.1 Å². The first-order chi connectivity index (χ1) is 16.2. The number of hydrogen-bond donors (Lipinski definition) is 7. The quantitative estimate of drug-likeness (QED) is 0.114. The number of nitrogens with one attached hydrogen (secondary N) is 4. The lowest BCUT2D eigenvalue weighted by Gasteiger charge is -2.25. The largest absolute Gasteiger partial charge is 0.480 e. The molecule has 1 fully saturated rings. The van der Waals surface area contributed by atoms with Gasteiger partial charge in [-0.1, -0.05) is 0 Å². The fourth-order valence-corrected chi connectivity index (χ4v) is 4.01. The lowest BCUT2D eigenvalue weighted by molar-refractivity contribution is -0.142. The number of rotatable bonds is 17. The van der Waals surface area contributed by atoms with Gasteiger partial charge in [-0.05, 0) is 70.0 Å². The van der Waals surface area contributed by atoms with Gasteiger partial charge >= 0.3 is 5.97 Å². The third-order valence-electron chi connectivity index (χ3n) is 5.49. The lowest BCUT2D eigenvalue weighted by Crippen LogP contribution is -2.57. The van der Waals surface area contributed by atoms with Gasteiger partial charge < -0.3 is 37.8 Å². The third kappa shape index (κ3) is 11.2. The number of amides is 4. The molecule has 9 N–H and O–H groups in total. The van der Waals surface area contributed by atoms with Crippen LogP contribution in [0, 0.1) is 0 Å². The number of primary amides is 1. The Morgan fingerprint density at radius 3 is 2.18 bits per heavy atom. The molecule has 0 aromatic heterocycles. The first-order valence-electron chi connectivity index (χ1n) is 11.5. The molecule has 13 heteroatoms. The van der Waals surface area contributed by atoms with Gasteiger partial charge in [-0.2, -0.15) is 11.8 Å². The van der Waals surface area contributed by atoms with E-state index in [1.807, 2.05) is 6.26 Å². The van der Waals surface area contributed by atoms with Gasteiger partial charge in [-0.25, -0.2) is 4.79 Å². The Hall–Kier alpha value is -2.38. The van der Waals surface area contributed by atoms with Crippen molar-refractivity contribution in [3.05, 3.63) is 0 Å². The Morgan fingerprint density at radius 1 is 1.00 bits per heavy atom. The van der Waals surface area contributed by atoms with Crippen molar-refractivity contribution >= 4 is 41.4 Å². The molecule has 4 unspecified atom stereocenters. The highest BCUT2D eigenvalue weighted by Gasteiger charge is 2.31. The van der Waals surface area contributed by atoms with Crippen LogP contribution in [-0.2, 0) is 24.0 Å². The highest BCUT2D eigenvalue weighted by atomic mass is 32.2. The molecule has 0 radical (unpaired) electrons. The standard InChI is InChI=1S/C21H38N6O6S/c1-34-12-9-15(20(31)27-16(21(32)33)5-2-3-10-22)26-19(30)14(7-8-17(23)28)25-18(29)13-6-4-11-24-13/h13-16,24H,2-12,22H2,1H3,(H2,23,28)(H,25,29)(H,26,30)(H,27,31)(H,32,33). The van der Waals surface area contributed by atoms with Gasteiger partial charge in [0.2, 0.25) is 23.6 Å². The maximum atomic E-state index is 13.0. The second-order valence-corrected chi connectivity index (χ2v) is 9.23. The molecule has 1 saturated heterocycles. The summed E-state index contributed by atoms with van der Waals surface area (Å²) in [5.74, 6) is -2.88. The molecule has 0 aromatic carbocycles. The number of unbranched alkanes of at least 4 members (excludes halogenated alkanes) is 1. The average molecular weight is 503 g/mol. The van der Waals surface area contributed by atoms with E-state index in [0.29, 0.717) is 38.1 Å². The zero-order chi connectivity index (χ0) is 25.5. The number of carbonyl (C=O) groups is 5. The number of thioether (sulfide) groups is 1. The van der Waals surface area contributed by atoms with Crippen molar-refractivity contribution in [2.45, 2.75) is 75.5 Å². The maximum absolute atomic E-state index is 13.0.